The minimum atomic E-state index is -1.03. The molecule has 8 heteroatoms. The van der Waals surface area contributed by atoms with Crippen molar-refractivity contribution in [3.05, 3.63) is 0 Å². The van der Waals surface area contributed by atoms with Crippen LogP contribution < -0.4 is 0 Å². The summed E-state index contributed by atoms with van der Waals surface area (Å²) in [4.78, 5) is 24.4. The SMILES string of the molecule is O=C(C(Cl)Cl)N1CCCN(C(=O)C(Cl)Cl)CCC1. The van der Waals surface area contributed by atoms with Crippen molar-refractivity contribution >= 4 is 58.2 Å². The molecule has 0 aromatic heterocycles. The van der Waals surface area contributed by atoms with Gasteiger partial charge in [0.1, 0.15) is 0 Å². The molecule has 4 nitrogen and oxygen atoms in total. The van der Waals surface area contributed by atoms with E-state index in [2.05, 4.69) is 0 Å². The lowest BCUT2D eigenvalue weighted by Crippen LogP contribution is -2.44. The van der Waals surface area contributed by atoms with E-state index in [0.717, 1.165) is 0 Å². The van der Waals surface area contributed by atoms with Crippen LogP contribution >= 0.6 is 46.4 Å². The zero-order valence-electron chi connectivity index (χ0n) is 9.62. The van der Waals surface area contributed by atoms with Crippen molar-refractivity contribution in [2.75, 3.05) is 26.2 Å². The van der Waals surface area contributed by atoms with Crippen LogP contribution in [0.2, 0.25) is 0 Å². The zero-order chi connectivity index (χ0) is 13.7. The molecule has 1 aliphatic rings. The van der Waals surface area contributed by atoms with Gasteiger partial charge in [-0.1, -0.05) is 46.4 Å². The summed E-state index contributed by atoms with van der Waals surface area (Å²) in [5, 5.41) is 0. The van der Waals surface area contributed by atoms with Crippen LogP contribution in [0.25, 0.3) is 0 Å². The van der Waals surface area contributed by atoms with Crippen LogP contribution in [0.1, 0.15) is 12.8 Å². The molecule has 0 spiro atoms. The fraction of sp³-hybridized carbons (Fsp3) is 0.800. The average molecular weight is 336 g/mol. The summed E-state index contributed by atoms with van der Waals surface area (Å²) in [6.07, 6.45) is 1.30. The van der Waals surface area contributed by atoms with Crippen molar-refractivity contribution in [1.29, 1.82) is 0 Å². The molecule has 1 rings (SSSR count). The van der Waals surface area contributed by atoms with Gasteiger partial charge in [-0.2, -0.15) is 0 Å². The van der Waals surface area contributed by atoms with Crippen LogP contribution in [-0.2, 0) is 9.59 Å². The predicted octanol–water partition coefficient (Wildman–Crippen LogP) is 2.04. The molecular weight excluding hydrogens is 322 g/mol. The third-order valence-corrected chi connectivity index (χ3v) is 3.46. The monoisotopic (exact) mass is 334 g/mol. The maximum atomic E-state index is 11.6. The van der Waals surface area contributed by atoms with E-state index in [1.807, 2.05) is 0 Å². The molecule has 0 radical (unpaired) electrons. The van der Waals surface area contributed by atoms with Gasteiger partial charge in [0.15, 0.2) is 9.67 Å². The highest BCUT2D eigenvalue weighted by Gasteiger charge is 2.25. The quantitative estimate of drug-likeness (QED) is 0.724. The highest BCUT2D eigenvalue weighted by atomic mass is 35.5. The fourth-order valence-electron chi connectivity index (χ4n) is 1.85. The van der Waals surface area contributed by atoms with Crippen LogP contribution in [0.5, 0.6) is 0 Å². The minimum Gasteiger partial charge on any atom is -0.340 e. The number of nitrogens with zero attached hydrogens (tertiary/aromatic N) is 2. The standard InChI is InChI=1S/C10H14Cl4N2O2/c11-7(12)9(17)15-3-1-4-16(6-2-5-15)10(18)8(13)14/h7-8H,1-6H2. The van der Waals surface area contributed by atoms with Gasteiger partial charge in [0.25, 0.3) is 11.8 Å². The second-order valence-corrected chi connectivity index (χ2v) is 6.15. The fourth-order valence-corrected chi connectivity index (χ4v) is 2.40. The number of hydrogen-bond acceptors (Lipinski definition) is 2. The molecule has 1 saturated heterocycles. The highest BCUT2D eigenvalue weighted by molar-refractivity contribution is 6.53. The number of halogens is 4. The Bertz CT molecular complexity index is 274. The summed E-state index contributed by atoms with van der Waals surface area (Å²) in [6.45, 7) is 2.09. The molecule has 0 aromatic carbocycles. The predicted molar refractivity (Wildman–Crippen MR) is 73.4 cm³/mol. The lowest BCUT2D eigenvalue weighted by molar-refractivity contribution is -0.131. The molecule has 0 N–H and O–H groups in total. The average Bonchev–Trinajstić information content (AvgIpc) is 2.27. The minimum absolute atomic E-state index is 0.286. The third-order valence-electron chi connectivity index (χ3n) is 2.71. The number of rotatable bonds is 2. The van der Waals surface area contributed by atoms with Crippen LogP contribution in [0.3, 0.4) is 0 Å². The molecule has 0 atom stereocenters. The van der Waals surface area contributed by atoms with Crippen molar-refractivity contribution in [2.24, 2.45) is 0 Å². The number of amides is 2. The molecule has 1 aliphatic heterocycles. The Hall–Kier alpha value is 0.1000. The maximum Gasteiger partial charge on any atom is 0.255 e. The number of carbonyl (C=O) groups is 2. The van der Waals surface area contributed by atoms with Gasteiger partial charge < -0.3 is 9.80 Å². The Kier molecular flexibility index (Phi) is 6.85. The largest absolute Gasteiger partial charge is 0.340 e. The Balaban J connectivity index is 2.50. The molecule has 0 unspecified atom stereocenters. The number of carbonyl (C=O) groups excluding carboxylic acids is 2. The first-order valence-corrected chi connectivity index (χ1v) is 7.32. The molecule has 0 saturated carbocycles. The second-order valence-electron chi connectivity index (χ2n) is 3.96. The van der Waals surface area contributed by atoms with Gasteiger partial charge in [-0.05, 0) is 12.8 Å². The van der Waals surface area contributed by atoms with Gasteiger partial charge in [0.2, 0.25) is 0 Å². The lowest BCUT2D eigenvalue weighted by Gasteiger charge is -2.31. The molecule has 0 aliphatic carbocycles. The first-order valence-electron chi connectivity index (χ1n) is 5.57. The summed E-state index contributed by atoms with van der Waals surface area (Å²) in [7, 11) is 0. The van der Waals surface area contributed by atoms with E-state index in [9.17, 15) is 9.59 Å². The van der Waals surface area contributed by atoms with Crippen molar-refractivity contribution in [3.63, 3.8) is 0 Å². The van der Waals surface area contributed by atoms with Crippen LogP contribution in [0, 0.1) is 0 Å². The van der Waals surface area contributed by atoms with E-state index >= 15 is 0 Å². The second kappa shape index (κ2) is 7.63. The van der Waals surface area contributed by atoms with Gasteiger partial charge in [-0.25, -0.2) is 0 Å². The van der Waals surface area contributed by atoms with E-state index in [4.69, 9.17) is 46.4 Å². The molecular formula is C10H14Cl4N2O2. The van der Waals surface area contributed by atoms with E-state index in [1.54, 1.807) is 9.80 Å². The molecule has 104 valence electrons. The van der Waals surface area contributed by atoms with Crippen LogP contribution in [0.4, 0.5) is 0 Å². The first-order chi connectivity index (χ1) is 8.43. The Morgan fingerprint density at radius 1 is 0.722 bits per heavy atom. The summed E-state index contributed by atoms with van der Waals surface area (Å²) in [6, 6.07) is 0. The van der Waals surface area contributed by atoms with Gasteiger partial charge >= 0.3 is 0 Å². The highest BCUT2D eigenvalue weighted by Crippen LogP contribution is 2.13. The molecule has 18 heavy (non-hydrogen) atoms. The smallest absolute Gasteiger partial charge is 0.255 e. The molecule has 0 aromatic rings. The van der Waals surface area contributed by atoms with Crippen molar-refractivity contribution < 1.29 is 9.59 Å². The Morgan fingerprint density at radius 2 is 1.00 bits per heavy atom. The van der Waals surface area contributed by atoms with E-state index in [0.29, 0.717) is 39.0 Å². The Labute approximate surface area is 126 Å². The summed E-state index contributed by atoms with van der Waals surface area (Å²) >= 11 is 22.2. The molecule has 1 fully saturated rings. The van der Waals surface area contributed by atoms with Crippen molar-refractivity contribution in [2.45, 2.75) is 22.5 Å². The van der Waals surface area contributed by atoms with Crippen LogP contribution in [-0.4, -0.2) is 57.5 Å². The summed E-state index contributed by atoms with van der Waals surface area (Å²) in [5.41, 5.74) is 0. The maximum absolute atomic E-state index is 11.6. The Morgan fingerprint density at radius 3 is 1.22 bits per heavy atom. The molecule has 1 heterocycles. The van der Waals surface area contributed by atoms with Gasteiger partial charge in [-0.15, -0.1) is 0 Å². The van der Waals surface area contributed by atoms with Crippen LogP contribution in [0.15, 0.2) is 0 Å². The first kappa shape index (κ1) is 16.2. The zero-order valence-corrected chi connectivity index (χ0v) is 12.6. The topological polar surface area (TPSA) is 40.6 Å². The van der Waals surface area contributed by atoms with E-state index < -0.39 is 9.67 Å². The molecule has 0 bridgehead atoms. The number of alkyl halides is 4. The number of hydrogen-bond donors (Lipinski definition) is 0. The normalized spacial score (nSPS) is 17.9. The lowest BCUT2D eigenvalue weighted by atomic mass is 10.2. The van der Waals surface area contributed by atoms with Crippen molar-refractivity contribution in [1.82, 2.24) is 9.80 Å². The van der Waals surface area contributed by atoms with Gasteiger partial charge in [0.05, 0.1) is 0 Å². The summed E-state index contributed by atoms with van der Waals surface area (Å²) < 4.78 is 0. The van der Waals surface area contributed by atoms with E-state index in [1.165, 1.54) is 0 Å². The summed E-state index contributed by atoms with van der Waals surface area (Å²) in [5.74, 6) is -0.573. The van der Waals surface area contributed by atoms with Gasteiger partial charge in [-0.3, -0.25) is 9.59 Å². The molecule has 2 amide bonds. The third kappa shape index (κ3) is 4.65. The van der Waals surface area contributed by atoms with E-state index in [-0.39, 0.29) is 11.8 Å². The van der Waals surface area contributed by atoms with Gasteiger partial charge in [0, 0.05) is 26.2 Å². The van der Waals surface area contributed by atoms with Crippen molar-refractivity contribution in [3.8, 4) is 0 Å².